The van der Waals surface area contributed by atoms with Crippen molar-refractivity contribution < 1.29 is 23.5 Å². The van der Waals surface area contributed by atoms with Crippen LogP contribution in [0.2, 0.25) is 0 Å². The van der Waals surface area contributed by atoms with Crippen molar-refractivity contribution in [2.75, 3.05) is 38.7 Å². The molecular weight excluding hydrogens is 451 g/mol. The molecule has 2 aromatic carbocycles. The molecule has 1 fully saturated rings. The number of carbonyl (C=O) groups is 3. The van der Waals surface area contributed by atoms with Crippen molar-refractivity contribution in [3.63, 3.8) is 0 Å². The number of carbonyl (C=O) groups excluding carboxylic acids is 3. The monoisotopic (exact) mass is 484 g/mol. The van der Waals surface area contributed by atoms with E-state index in [-0.39, 0.29) is 23.4 Å². The van der Waals surface area contributed by atoms with Crippen LogP contribution < -0.4 is 16.0 Å². The third-order valence-corrected chi connectivity index (χ3v) is 6.11. The first-order valence-electron chi connectivity index (χ1n) is 11.8. The van der Waals surface area contributed by atoms with Crippen molar-refractivity contribution in [3.8, 4) is 0 Å². The zero-order valence-corrected chi connectivity index (χ0v) is 20.2. The van der Waals surface area contributed by atoms with Gasteiger partial charge in [0.15, 0.2) is 0 Å². The molecule has 4 amide bonds. The minimum absolute atomic E-state index is 0.111. The SMILES string of the molecule is COCCCNC(=O)C(NC(=O)c1ccccc1F)C1CCN(C(=O)Nc2ccc(C)cc2)CC1. The number of urea groups is 1. The maximum Gasteiger partial charge on any atom is 0.321 e. The van der Waals surface area contributed by atoms with Crippen LogP contribution in [0, 0.1) is 18.7 Å². The summed E-state index contributed by atoms with van der Waals surface area (Å²) in [5.41, 5.74) is 1.71. The number of methoxy groups -OCH3 is 1. The number of likely N-dealkylation sites (tertiary alicyclic amines) is 1. The number of aryl methyl sites for hydroxylation is 1. The second-order valence-corrected chi connectivity index (χ2v) is 8.69. The van der Waals surface area contributed by atoms with E-state index in [1.165, 1.54) is 18.2 Å². The van der Waals surface area contributed by atoms with Gasteiger partial charge in [0.1, 0.15) is 11.9 Å². The summed E-state index contributed by atoms with van der Waals surface area (Å²) in [6.07, 6.45) is 1.68. The molecule has 0 spiro atoms. The maximum absolute atomic E-state index is 14.1. The van der Waals surface area contributed by atoms with Crippen LogP contribution in [0.3, 0.4) is 0 Å². The lowest BCUT2D eigenvalue weighted by atomic mass is 9.88. The van der Waals surface area contributed by atoms with E-state index in [9.17, 15) is 18.8 Å². The smallest absolute Gasteiger partial charge is 0.321 e. The molecule has 1 atom stereocenters. The van der Waals surface area contributed by atoms with E-state index >= 15 is 0 Å². The first-order chi connectivity index (χ1) is 16.9. The van der Waals surface area contributed by atoms with Gasteiger partial charge in [-0.05, 0) is 56.4 Å². The van der Waals surface area contributed by atoms with E-state index in [2.05, 4.69) is 16.0 Å². The van der Waals surface area contributed by atoms with Crippen molar-refractivity contribution in [1.29, 1.82) is 0 Å². The highest BCUT2D eigenvalue weighted by Crippen LogP contribution is 2.23. The van der Waals surface area contributed by atoms with Gasteiger partial charge in [0.25, 0.3) is 5.91 Å². The highest BCUT2D eigenvalue weighted by Gasteiger charge is 2.34. The highest BCUT2D eigenvalue weighted by atomic mass is 19.1. The van der Waals surface area contributed by atoms with Crippen molar-refractivity contribution in [2.24, 2.45) is 5.92 Å². The summed E-state index contributed by atoms with van der Waals surface area (Å²) in [6, 6.07) is 12.2. The number of hydrogen-bond donors (Lipinski definition) is 3. The average Bonchev–Trinajstić information content (AvgIpc) is 2.86. The van der Waals surface area contributed by atoms with Gasteiger partial charge in [0, 0.05) is 39.0 Å². The van der Waals surface area contributed by atoms with Gasteiger partial charge in [-0.1, -0.05) is 29.8 Å². The predicted molar refractivity (Wildman–Crippen MR) is 132 cm³/mol. The maximum atomic E-state index is 14.1. The summed E-state index contributed by atoms with van der Waals surface area (Å²) in [4.78, 5) is 40.1. The van der Waals surface area contributed by atoms with E-state index in [0.717, 1.165) is 5.56 Å². The molecule has 8 nitrogen and oxygen atoms in total. The normalized spacial score (nSPS) is 14.8. The lowest BCUT2D eigenvalue weighted by Gasteiger charge is -2.35. The lowest BCUT2D eigenvalue weighted by molar-refractivity contribution is -0.124. The van der Waals surface area contributed by atoms with Crippen LogP contribution in [0.5, 0.6) is 0 Å². The van der Waals surface area contributed by atoms with Gasteiger partial charge in [0.05, 0.1) is 5.56 Å². The molecule has 0 saturated carbocycles. The van der Waals surface area contributed by atoms with Gasteiger partial charge < -0.3 is 25.6 Å². The summed E-state index contributed by atoms with van der Waals surface area (Å²) < 4.78 is 19.1. The highest BCUT2D eigenvalue weighted by molar-refractivity contribution is 5.98. The molecule has 0 radical (unpaired) electrons. The van der Waals surface area contributed by atoms with E-state index < -0.39 is 17.8 Å². The molecule has 0 aromatic heterocycles. The molecule has 9 heteroatoms. The summed E-state index contributed by atoms with van der Waals surface area (Å²) >= 11 is 0. The Morgan fingerprint density at radius 3 is 2.43 bits per heavy atom. The van der Waals surface area contributed by atoms with Gasteiger partial charge >= 0.3 is 6.03 Å². The Kier molecular flexibility index (Phi) is 9.60. The van der Waals surface area contributed by atoms with Gasteiger partial charge in [-0.15, -0.1) is 0 Å². The molecule has 3 rings (SSSR count). The molecule has 0 bridgehead atoms. The van der Waals surface area contributed by atoms with Crippen LogP contribution in [-0.4, -0.2) is 62.1 Å². The van der Waals surface area contributed by atoms with E-state index in [0.29, 0.717) is 51.2 Å². The second kappa shape index (κ2) is 12.9. The minimum Gasteiger partial charge on any atom is -0.385 e. The number of halogens is 1. The fourth-order valence-electron chi connectivity index (χ4n) is 4.08. The largest absolute Gasteiger partial charge is 0.385 e. The van der Waals surface area contributed by atoms with Crippen LogP contribution in [0.1, 0.15) is 35.2 Å². The molecule has 35 heavy (non-hydrogen) atoms. The van der Waals surface area contributed by atoms with E-state index in [1.807, 2.05) is 31.2 Å². The summed E-state index contributed by atoms with van der Waals surface area (Å²) in [5.74, 6) is -1.81. The van der Waals surface area contributed by atoms with Crippen LogP contribution in [-0.2, 0) is 9.53 Å². The average molecular weight is 485 g/mol. The van der Waals surface area contributed by atoms with Gasteiger partial charge in [-0.3, -0.25) is 9.59 Å². The molecule has 1 unspecified atom stereocenters. The molecule has 1 heterocycles. The number of piperidine rings is 1. The van der Waals surface area contributed by atoms with E-state index in [1.54, 1.807) is 18.1 Å². The van der Waals surface area contributed by atoms with Gasteiger partial charge in [0.2, 0.25) is 5.91 Å². The third kappa shape index (κ3) is 7.51. The van der Waals surface area contributed by atoms with Crippen molar-refractivity contribution in [2.45, 2.75) is 32.2 Å². The van der Waals surface area contributed by atoms with Crippen LogP contribution in [0.4, 0.5) is 14.9 Å². The van der Waals surface area contributed by atoms with Crippen LogP contribution in [0.15, 0.2) is 48.5 Å². The quantitative estimate of drug-likeness (QED) is 0.476. The molecule has 1 saturated heterocycles. The molecule has 0 aliphatic carbocycles. The predicted octanol–water partition coefficient (Wildman–Crippen LogP) is 3.33. The number of amides is 4. The van der Waals surface area contributed by atoms with Crippen molar-refractivity contribution in [3.05, 3.63) is 65.5 Å². The number of anilines is 1. The molecular formula is C26H33FN4O4. The first kappa shape index (κ1) is 26.2. The Balaban J connectivity index is 1.63. The number of nitrogens with one attached hydrogen (secondary N) is 3. The number of ether oxygens (including phenoxy) is 1. The Morgan fingerprint density at radius 2 is 1.77 bits per heavy atom. The molecule has 1 aliphatic heterocycles. The molecule has 2 aromatic rings. The molecule has 188 valence electrons. The Hall–Kier alpha value is -3.46. The first-order valence-corrected chi connectivity index (χ1v) is 11.8. The number of rotatable bonds is 9. The Morgan fingerprint density at radius 1 is 1.09 bits per heavy atom. The number of hydrogen-bond acceptors (Lipinski definition) is 4. The standard InChI is InChI=1S/C26H33FN4O4/c1-18-8-10-20(11-9-18)29-26(34)31-15-12-19(13-16-31)23(25(33)28-14-5-17-35-2)30-24(32)21-6-3-4-7-22(21)27/h3-4,6-11,19,23H,5,12-17H2,1-2H3,(H,28,33)(H,29,34)(H,30,32). The number of benzene rings is 2. The van der Waals surface area contributed by atoms with Crippen molar-refractivity contribution >= 4 is 23.5 Å². The molecule has 3 N–H and O–H groups in total. The second-order valence-electron chi connectivity index (χ2n) is 8.69. The van der Waals surface area contributed by atoms with Crippen LogP contribution in [0.25, 0.3) is 0 Å². The lowest BCUT2D eigenvalue weighted by Crippen LogP contribution is -2.54. The Bertz CT molecular complexity index is 1010. The molecule has 1 aliphatic rings. The van der Waals surface area contributed by atoms with Gasteiger partial charge in [-0.25, -0.2) is 9.18 Å². The number of nitrogens with zero attached hydrogens (tertiary/aromatic N) is 1. The summed E-state index contributed by atoms with van der Waals surface area (Å²) in [5, 5.41) is 8.46. The Labute approximate surface area is 205 Å². The van der Waals surface area contributed by atoms with Crippen molar-refractivity contribution in [1.82, 2.24) is 15.5 Å². The van der Waals surface area contributed by atoms with Crippen LogP contribution >= 0.6 is 0 Å². The topological polar surface area (TPSA) is 99.8 Å². The summed E-state index contributed by atoms with van der Waals surface area (Å²) in [6.45, 7) is 3.75. The van der Waals surface area contributed by atoms with Gasteiger partial charge in [-0.2, -0.15) is 0 Å². The third-order valence-electron chi connectivity index (χ3n) is 6.11. The zero-order chi connectivity index (χ0) is 25.2. The fourth-order valence-corrected chi connectivity index (χ4v) is 4.08. The fraction of sp³-hybridized carbons (Fsp3) is 0.423. The zero-order valence-electron chi connectivity index (χ0n) is 20.2. The minimum atomic E-state index is -0.841. The van der Waals surface area contributed by atoms with E-state index in [4.69, 9.17) is 4.74 Å². The summed E-state index contributed by atoms with van der Waals surface area (Å²) in [7, 11) is 1.59.